The molecule has 1 heterocycles. The van der Waals surface area contributed by atoms with Crippen LogP contribution < -0.4 is 5.73 Å². The van der Waals surface area contributed by atoms with Crippen molar-refractivity contribution >= 4 is 22.3 Å². The summed E-state index contributed by atoms with van der Waals surface area (Å²) in [5, 5.41) is 0.348. The molecule has 30 heavy (non-hydrogen) atoms. The number of rotatable bonds is 5. The Morgan fingerprint density at radius 3 is 1.97 bits per heavy atom. The van der Waals surface area contributed by atoms with E-state index in [1.807, 2.05) is 6.20 Å². The molecule has 0 saturated heterocycles. The standard InChI is InChI=1S/C24H46N2O2Si2/c1-17-14-18(19-12-13-26-16-20(19)25)15-21(27-29(8,9)23(2,3)4)22(17)28-30(10,11)24(5,6)7/h12-13,16-18,21-22H,14-15,25H2,1-11H3/t17-,18+,21+,22+/m1/s1. The monoisotopic (exact) mass is 450 g/mol. The summed E-state index contributed by atoms with van der Waals surface area (Å²) >= 11 is 0. The smallest absolute Gasteiger partial charge is 0.192 e. The Kier molecular flexibility index (Phi) is 7.40. The number of nitrogens with zero attached hydrogens (tertiary/aromatic N) is 1. The number of anilines is 1. The predicted octanol–water partition coefficient (Wildman–Crippen LogP) is 6.96. The molecule has 2 rings (SSSR count). The third-order valence-electron chi connectivity index (χ3n) is 7.92. The highest BCUT2D eigenvalue weighted by Crippen LogP contribution is 2.47. The van der Waals surface area contributed by atoms with Crippen LogP contribution in [0.25, 0.3) is 0 Å². The fraction of sp³-hybridized carbons (Fsp3) is 0.792. The maximum Gasteiger partial charge on any atom is 0.192 e. The summed E-state index contributed by atoms with van der Waals surface area (Å²) < 4.78 is 14.1. The summed E-state index contributed by atoms with van der Waals surface area (Å²) in [4.78, 5) is 4.19. The lowest BCUT2D eigenvalue weighted by Gasteiger charge is -2.50. The van der Waals surface area contributed by atoms with Crippen LogP contribution in [0.15, 0.2) is 18.5 Å². The van der Waals surface area contributed by atoms with Gasteiger partial charge in [0.05, 0.1) is 24.1 Å². The maximum absolute atomic E-state index is 7.06. The molecule has 1 saturated carbocycles. The zero-order valence-corrected chi connectivity index (χ0v) is 23.3. The van der Waals surface area contributed by atoms with Crippen LogP contribution in [0.2, 0.25) is 36.3 Å². The molecule has 1 aliphatic rings. The SMILES string of the molecule is C[C@@H]1C[C@H](c2ccncc2N)C[C@H](O[Si](C)(C)C(C)(C)C)[C@H]1O[Si](C)(C)C(C)(C)C. The van der Waals surface area contributed by atoms with E-state index in [9.17, 15) is 0 Å². The topological polar surface area (TPSA) is 57.4 Å². The van der Waals surface area contributed by atoms with Crippen molar-refractivity contribution in [1.82, 2.24) is 4.98 Å². The fourth-order valence-electron chi connectivity index (χ4n) is 3.88. The molecule has 4 nitrogen and oxygen atoms in total. The minimum absolute atomic E-state index is 0.0985. The lowest BCUT2D eigenvalue weighted by Crippen LogP contribution is -2.55. The van der Waals surface area contributed by atoms with Crippen LogP contribution >= 0.6 is 0 Å². The summed E-state index contributed by atoms with van der Waals surface area (Å²) in [7, 11) is -3.85. The zero-order valence-electron chi connectivity index (χ0n) is 21.3. The molecular weight excluding hydrogens is 404 g/mol. The lowest BCUT2D eigenvalue weighted by molar-refractivity contribution is -0.0304. The normalized spacial score (nSPS) is 26.6. The first kappa shape index (κ1) is 25.6. The average molecular weight is 451 g/mol. The van der Waals surface area contributed by atoms with Crippen molar-refractivity contribution in [2.45, 2.75) is 116 Å². The first-order chi connectivity index (χ1) is 13.5. The molecule has 0 amide bonds. The Morgan fingerprint density at radius 1 is 0.933 bits per heavy atom. The molecule has 172 valence electrons. The quantitative estimate of drug-likeness (QED) is 0.493. The number of hydrogen-bond donors (Lipinski definition) is 1. The second-order valence-corrected chi connectivity index (χ2v) is 21.9. The van der Waals surface area contributed by atoms with Crippen molar-refractivity contribution < 1.29 is 8.85 Å². The number of nitrogens with two attached hydrogens (primary N) is 1. The van der Waals surface area contributed by atoms with Crippen LogP contribution in [0.3, 0.4) is 0 Å². The van der Waals surface area contributed by atoms with Gasteiger partial charge in [-0.3, -0.25) is 4.98 Å². The molecule has 0 bridgehead atoms. The highest BCUT2D eigenvalue weighted by atomic mass is 28.4. The van der Waals surface area contributed by atoms with Crippen LogP contribution in [0.5, 0.6) is 0 Å². The van der Waals surface area contributed by atoms with E-state index in [0.717, 1.165) is 18.5 Å². The Bertz CT molecular complexity index is 723. The molecule has 1 fully saturated rings. The van der Waals surface area contributed by atoms with Gasteiger partial charge in [-0.1, -0.05) is 48.5 Å². The molecule has 4 atom stereocenters. The molecule has 1 aliphatic carbocycles. The molecule has 0 unspecified atom stereocenters. The molecule has 1 aromatic rings. The molecule has 1 aromatic heterocycles. The maximum atomic E-state index is 7.06. The molecule has 0 radical (unpaired) electrons. The number of aromatic nitrogens is 1. The van der Waals surface area contributed by atoms with Crippen LogP contribution in [-0.2, 0) is 8.85 Å². The Morgan fingerprint density at radius 2 is 1.47 bits per heavy atom. The minimum atomic E-state index is -1.94. The molecule has 0 aromatic carbocycles. The van der Waals surface area contributed by atoms with Gasteiger partial charge in [0.2, 0.25) is 0 Å². The summed E-state index contributed by atoms with van der Waals surface area (Å²) in [6.45, 7) is 25.6. The van der Waals surface area contributed by atoms with Gasteiger partial charge in [0.1, 0.15) is 0 Å². The van der Waals surface area contributed by atoms with Gasteiger partial charge in [-0.15, -0.1) is 0 Å². The first-order valence-electron chi connectivity index (χ1n) is 11.5. The van der Waals surface area contributed by atoms with Crippen molar-refractivity contribution in [3.05, 3.63) is 24.0 Å². The highest BCUT2D eigenvalue weighted by Gasteiger charge is 2.48. The van der Waals surface area contributed by atoms with Crippen molar-refractivity contribution in [3.63, 3.8) is 0 Å². The van der Waals surface area contributed by atoms with E-state index in [2.05, 4.69) is 85.7 Å². The van der Waals surface area contributed by atoms with Crippen LogP contribution in [0.1, 0.15) is 72.8 Å². The Balaban J connectivity index is 2.39. The number of nitrogen functional groups attached to an aromatic ring is 1. The molecule has 0 spiro atoms. The van der Waals surface area contributed by atoms with Crippen LogP contribution in [0, 0.1) is 5.92 Å². The Hall–Kier alpha value is -0.696. The van der Waals surface area contributed by atoms with Gasteiger partial charge in [0.15, 0.2) is 16.6 Å². The molecule has 0 aliphatic heterocycles. The van der Waals surface area contributed by atoms with Gasteiger partial charge in [-0.25, -0.2) is 0 Å². The van der Waals surface area contributed by atoms with Crippen LogP contribution in [0.4, 0.5) is 5.69 Å². The van der Waals surface area contributed by atoms with Gasteiger partial charge < -0.3 is 14.6 Å². The van der Waals surface area contributed by atoms with Crippen molar-refractivity contribution in [2.24, 2.45) is 5.92 Å². The second-order valence-electron chi connectivity index (χ2n) is 12.4. The summed E-state index contributed by atoms with van der Waals surface area (Å²) in [5.74, 6) is 0.803. The van der Waals surface area contributed by atoms with Crippen molar-refractivity contribution in [3.8, 4) is 0 Å². The van der Waals surface area contributed by atoms with Gasteiger partial charge in [0.25, 0.3) is 0 Å². The summed E-state index contributed by atoms with van der Waals surface area (Å²) in [5.41, 5.74) is 8.32. The number of hydrogen-bond acceptors (Lipinski definition) is 4. The van der Waals surface area contributed by atoms with Gasteiger partial charge in [-0.2, -0.15) is 0 Å². The van der Waals surface area contributed by atoms with E-state index in [1.54, 1.807) is 6.20 Å². The van der Waals surface area contributed by atoms with Crippen LogP contribution in [-0.4, -0.2) is 33.8 Å². The van der Waals surface area contributed by atoms with Gasteiger partial charge >= 0.3 is 0 Å². The third kappa shape index (κ3) is 5.56. The number of pyridine rings is 1. The van der Waals surface area contributed by atoms with E-state index in [0.29, 0.717) is 11.8 Å². The molecule has 6 heteroatoms. The molecular formula is C24H46N2O2Si2. The van der Waals surface area contributed by atoms with Gasteiger partial charge in [0, 0.05) is 6.20 Å². The van der Waals surface area contributed by atoms with E-state index in [-0.39, 0.29) is 22.3 Å². The van der Waals surface area contributed by atoms with Gasteiger partial charge in [-0.05, 0) is 72.6 Å². The second kappa shape index (κ2) is 8.68. The van der Waals surface area contributed by atoms with Crippen molar-refractivity contribution in [1.29, 1.82) is 0 Å². The largest absolute Gasteiger partial charge is 0.411 e. The average Bonchev–Trinajstić information content (AvgIpc) is 2.55. The van der Waals surface area contributed by atoms with E-state index in [4.69, 9.17) is 14.6 Å². The zero-order chi connectivity index (χ0) is 23.1. The van der Waals surface area contributed by atoms with E-state index in [1.165, 1.54) is 5.56 Å². The summed E-state index contributed by atoms with van der Waals surface area (Å²) in [6, 6.07) is 2.09. The van der Waals surface area contributed by atoms with Crippen molar-refractivity contribution in [2.75, 3.05) is 5.73 Å². The van der Waals surface area contributed by atoms with E-state index < -0.39 is 16.6 Å². The Labute approximate surface area is 187 Å². The van der Waals surface area contributed by atoms with E-state index >= 15 is 0 Å². The summed E-state index contributed by atoms with van der Waals surface area (Å²) in [6.07, 6.45) is 5.91. The predicted molar refractivity (Wildman–Crippen MR) is 134 cm³/mol. The lowest BCUT2D eigenvalue weighted by atomic mass is 9.75. The highest BCUT2D eigenvalue weighted by molar-refractivity contribution is 6.74. The third-order valence-corrected chi connectivity index (χ3v) is 16.9. The fourth-order valence-corrected chi connectivity index (χ4v) is 6.64. The first-order valence-corrected chi connectivity index (χ1v) is 17.3. The molecule has 2 N–H and O–H groups in total. The minimum Gasteiger partial charge on any atom is -0.411 e.